The lowest BCUT2D eigenvalue weighted by atomic mass is 9.76. The summed E-state index contributed by atoms with van der Waals surface area (Å²) < 4.78 is 9.96. The van der Waals surface area contributed by atoms with E-state index < -0.39 is 23.2 Å². The Balaban J connectivity index is 2.01. The first-order chi connectivity index (χ1) is 12.6. The normalized spacial score (nSPS) is 16.5. The molecule has 0 saturated heterocycles. The monoisotopic (exact) mass is 376 g/mol. The van der Waals surface area contributed by atoms with Crippen molar-refractivity contribution < 1.29 is 23.9 Å². The van der Waals surface area contributed by atoms with E-state index >= 15 is 0 Å². The summed E-state index contributed by atoms with van der Waals surface area (Å²) in [5, 5.41) is 5.68. The van der Waals surface area contributed by atoms with E-state index in [4.69, 9.17) is 4.74 Å². The third kappa shape index (κ3) is 5.21. The number of alkyl carbamates (subject to hydrolysis) is 1. The van der Waals surface area contributed by atoms with E-state index in [-0.39, 0.29) is 11.9 Å². The van der Waals surface area contributed by atoms with Crippen molar-refractivity contribution in [2.45, 2.75) is 64.1 Å². The number of hydrogen-bond acceptors (Lipinski definition) is 5. The molecule has 0 spiro atoms. The molecule has 1 atom stereocenters. The van der Waals surface area contributed by atoms with Gasteiger partial charge < -0.3 is 20.1 Å². The van der Waals surface area contributed by atoms with Gasteiger partial charge in [0.2, 0.25) is 5.91 Å². The van der Waals surface area contributed by atoms with Gasteiger partial charge in [0.25, 0.3) is 0 Å². The van der Waals surface area contributed by atoms with Gasteiger partial charge in [0.05, 0.1) is 18.7 Å². The molecule has 0 unspecified atom stereocenters. The fourth-order valence-electron chi connectivity index (χ4n) is 2.88. The molecule has 7 heteroatoms. The molecule has 2 N–H and O–H groups in total. The molecule has 148 valence electrons. The fraction of sp³-hybridized carbons (Fsp3) is 0.550. The standard InChI is InChI=1S/C20H28N2O5/c1-13(14-7-9-15(10-8-14)16(23)26-5)21-17(24)20(11-6-12-20)22-18(25)27-19(2,3)4/h7-10,13H,6,11-12H2,1-5H3,(H,21,24)(H,22,25)/t13-/m0/s1. The summed E-state index contributed by atoms with van der Waals surface area (Å²) in [6.45, 7) is 7.19. The van der Waals surface area contributed by atoms with Gasteiger partial charge in [-0.1, -0.05) is 12.1 Å². The van der Waals surface area contributed by atoms with Gasteiger partial charge in [-0.3, -0.25) is 4.79 Å². The second kappa shape index (κ2) is 7.98. The average Bonchev–Trinajstić information content (AvgIpc) is 2.55. The number of amides is 2. The first kappa shape index (κ1) is 20.7. The zero-order valence-corrected chi connectivity index (χ0v) is 16.5. The van der Waals surface area contributed by atoms with Crippen molar-refractivity contribution in [2.24, 2.45) is 0 Å². The number of rotatable bonds is 5. The number of carbonyl (C=O) groups excluding carboxylic acids is 3. The summed E-state index contributed by atoms with van der Waals surface area (Å²) in [6.07, 6.45) is 1.43. The van der Waals surface area contributed by atoms with E-state index in [9.17, 15) is 14.4 Å². The quantitative estimate of drug-likeness (QED) is 0.770. The Morgan fingerprint density at radius 2 is 1.70 bits per heavy atom. The lowest BCUT2D eigenvalue weighted by Crippen LogP contribution is -2.63. The molecule has 0 heterocycles. The zero-order chi connectivity index (χ0) is 20.2. The highest BCUT2D eigenvalue weighted by molar-refractivity contribution is 5.91. The van der Waals surface area contributed by atoms with Gasteiger partial charge >= 0.3 is 12.1 Å². The maximum absolute atomic E-state index is 12.8. The van der Waals surface area contributed by atoms with E-state index in [2.05, 4.69) is 15.4 Å². The molecule has 1 aromatic rings. The highest BCUT2D eigenvalue weighted by atomic mass is 16.6. The Labute approximate surface area is 159 Å². The van der Waals surface area contributed by atoms with Gasteiger partial charge in [-0.25, -0.2) is 9.59 Å². The first-order valence-corrected chi connectivity index (χ1v) is 9.07. The first-order valence-electron chi connectivity index (χ1n) is 9.07. The van der Waals surface area contributed by atoms with Gasteiger partial charge in [0.1, 0.15) is 11.1 Å². The van der Waals surface area contributed by atoms with Crippen molar-refractivity contribution in [2.75, 3.05) is 7.11 Å². The Morgan fingerprint density at radius 3 is 2.15 bits per heavy atom. The summed E-state index contributed by atoms with van der Waals surface area (Å²) in [5.74, 6) is -0.641. The van der Waals surface area contributed by atoms with Crippen LogP contribution in [0.2, 0.25) is 0 Å². The van der Waals surface area contributed by atoms with Crippen LogP contribution in [0.1, 0.15) is 68.9 Å². The predicted octanol–water partition coefficient (Wildman–Crippen LogP) is 3.10. The zero-order valence-electron chi connectivity index (χ0n) is 16.5. The number of nitrogens with one attached hydrogen (secondary N) is 2. The van der Waals surface area contributed by atoms with Crippen molar-refractivity contribution in [3.8, 4) is 0 Å². The van der Waals surface area contributed by atoms with Crippen molar-refractivity contribution in [3.63, 3.8) is 0 Å². The number of ether oxygens (including phenoxy) is 2. The number of benzene rings is 1. The Morgan fingerprint density at radius 1 is 1.11 bits per heavy atom. The highest BCUT2D eigenvalue weighted by Gasteiger charge is 2.46. The fourth-order valence-corrected chi connectivity index (χ4v) is 2.88. The molecule has 27 heavy (non-hydrogen) atoms. The van der Waals surface area contributed by atoms with Gasteiger partial charge in [-0.2, -0.15) is 0 Å². The summed E-state index contributed by atoms with van der Waals surface area (Å²) >= 11 is 0. The minimum atomic E-state index is -0.928. The lowest BCUT2D eigenvalue weighted by Gasteiger charge is -2.41. The smallest absolute Gasteiger partial charge is 0.408 e. The topological polar surface area (TPSA) is 93.7 Å². The van der Waals surface area contributed by atoms with Crippen LogP contribution in [0.3, 0.4) is 0 Å². The van der Waals surface area contributed by atoms with Crippen molar-refractivity contribution >= 4 is 18.0 Å². The molecule has 0 aliphatic heterocycles. The minimum Gasteiger partial charge on any atom is -0.465 e. The summed E-state index contributed by atoms with van der Waals surface area (Å²) in [6, 6.07) is 6.57. The summed E-state index contributed by atoms with van der Waals surface area (Å²) in [4.78, 5) is 36.4. The van der Waals surface area contributed by atoms with Crippen LogP contribution in [0.25, 0.3) is 0 Å². The third-order valence-electron chi connectivity index (χ3n) is 4.56. The van der Waals surface area contributed by atoms with Crippen molar-refractivity contribution in [1.29, 1.82) is 0 Å². The Hall–Kier alpha value is -2.57. The molecule has 2 amide bonds. The molecule has 1 saturated carbocycles. The van der Waals surface area contributed by atoms with Crippen LogP contribution in [0.4, 0.5) is 4.79 Å². The minimum absolute atomic E-state index is 0.232. The second-order valence-electron chi connectivity index (χ2n) is 7.87. The van der Waals surface area contributed by atoms with Crippen LogP contribution < -0.4 is 10.6 Å². The van der Waals surface area contributed by atoms with Crippen LogP contribution in [-0.4, -0.2) is 36.2 Å². The van der Waals surface area contributed by atoms with Crippen LogP contribution in [0.5, 0.6) is 0 Å². The van der Waals surface area contributed by atoms with Crippen molar-refractivity contribution in [1.82, 2.24) is 10.6 Å². The third-order valence-corrected chi connectivity index (χ3v) is 4.56. The predicted molar refractivity (Wildman–Crippen MR) is 100 cm³/mol. The maximum Gasteiger partial charge on any atom is 0.408 e. The van der Waals surface area contributed by atoms with E-state index in [1.165, 1.54) is 7.11 Å². The molecular weight excluding hydrogens is 348 g/mol. The van der Waals surface area contributed by atoms with Crippen LogP contribution >= 0.6 is 0 Å². The molecule has 0 radical (unpaired) electrons. The van der Waals surface area contributed by atoms with Crippen molar-refractivity contribution in [3.05, 3.63) is 35.4 Å². The average molecular weight is 376 g/mol. The molecule has 1 aromatic carbocycles. The highest BCUT2D eigenvalue weighted by Crippen LogP contribution is 2.33. The van der Waals surface area contributed by atoms with Crippen LogP contribution in [0, 0.1) is 0 Å². The molecule has 1 fully saturated rings. The van der Waals surface area contributed by atoms with Gasteiger partial charge in [-0.15, -0.1) is 0 Å². The second-order valence-corrected chi connectivity index (χ2v) is 7.87. The molecule has 0 bridgehead atoms. The molecule has 2 rings (SSSR count). The van der Waals surface area contributed by atoms with E-state index in [0.29, 0.717) is 18.4 Å². The molecule has 1 aliphatic rings. The Kier molecular flexibility index (Phi) is 6.13. The Bertz CT molecular complexity index is 702. The lowest BCUT2D eigenvalue weighted by molar-refractivity contribution is -0.131. The number of carbonyl (C=O) groups is 3. The summed E-state index contributed by atoms with van der Waals surface area (Å²) in [5.41, 5.74) is -0.257. The van der Waals surface area contributed by atoms with Crippen LogP contribution in [-0.2, 0) is 14.3 Å². The van der Waals surface area contributed by atoms with Gasteiger partial charge in [0.15, 0.2) is 0 Å². The van der Waals surface area contributed by atoms with E-state index in [0.717, 1.165) is 12.0 Å². The van der Waals surface area contributed by atoms with E-state index in [1.807, 2.05) is 6.92 Å². The summed E-state index contributed by atoms with van der Waals surface area (Å²) in [7, 11) is 1.33. The molecule has 7 nitrogen and oxygen atoms in total. The number of hydrogen-bond donors (Lipinski definition) is 2. The molecule has 1 aliphatic carbocycles. The molecule has 0 aromatic heterocycles. The van der Waals surface area contributed by atoms with Gasteiger partial charge in [0, 0.05) is 0 Å². The van der Waals surface area contributed by atoms with E-state index in [1.54, 1.807) is 45.0 Å². The van der Waals surface area contributed by atoms with Gasteiger partial charge in [-0.05, 0) is 64.7 Å². The van der Waals surface area contributed by atoms with Crippen LogP contribution in [0.15, 0.2) is 24.3 Å². The molecular formula is C20H28N2O5. The largest absolute Gasteiger partial charge is 0.465 e. The SMILES string of the molecule is COC(=O)c1ccc([C@H](C)NC(=O)C2(NC(=O)OC(C)(C)C)CCC2)cc1. The number of esters is 1. The maximum atomic E-state index is 12.8. The number of methoxy groups -OCH3 is 1.